The van der Waals surface area contributed by atoms with Crippen LogP contribution in [0.5, 0.6) is 0 Å². The van der Waals surface area contributed by atoms with E-state index >= 15 is 0 Å². The van der Waals surface area contributed by atoms with Crippen LogP contribution in [0.4, 0.5) is 0 Å². The predicted octanol–water partition coefficient (Wildman–Crippen LogP) is -0.603. The van der Waals surface area contributed by atoms with Gasteiger partial charge in [-0.15, -0.1) is 0 Å². The van der Waals surface area contributed by atoms with E-state index in [-0.39, 0.29) is 18.1 Å². The highest BCUT2D eigenvalue weighted by Gasteiger charge is 2.10. The summed E-state index contributed by atoms with van der Waals surface area (Å²) in [5, 5.41) is 6.62. The first kappa shape index (κ1) is 14.5. The van der Waals surface area contributed by atoms with Crippen molar-refractivity contribution in [2.45, 2.75) is 19.9 Å². The molecule has 0 spiro atoms. The molecular formula is C10H16N3O4S+. The molecule has 0 fully saturated rings. The zero-order valence-corrected chi connectivity index (χ0v) is 10.9. The van der Waals surface area contributed by atoms with E-state index in [2.05, 4.69) is 10.4 Å². The van der Waals surface area contributed by atoms with Crippen molar-refractivity contribution in [2.24, 2.45) is 0 Å². The molecular weight excluding hydrogens is 258 g/mol. The Morgan fingerprint density at radius 2 is 2.28 bits per heavy atom. The molecule has 7 nitrogen and oxygen atoms in total. The van der Waals surface area contributed by atoms with Crippen molar-refractivity contribution in [3.8, 4) is 0 Å². The SMILES string of the molecule is CCNC(=O)c1cc[n+](CCCS(=O)(=O)O)nc1. The van der Waals surface area contributed by atoms with Crippen molar-refractivity contribution in [1.82, 2.24) is 10.4 Å². The van der Waals surface area contributed by atoms with Gasteiger partial charge >= 0.3 is 0 Å². The molecule has 0 atom stereocenters. The average Bonchev–Trinajstić information content (AvgIpc) is 2.28. The molecule has 0 radical (unpaired) electrons. The summed E-state index contributed by atoms with van der Waals surface area (Å²) in [6.45, 7) is 2.72. The maximum Gasteiger partial charge on any atom is 0.265 e. The van der Waals surface area contributed by atoms with Crippen molar-refractivity contribution in [3.05, 3.63) is 24.0 Å². The fraction of sp³-hybridized carbons (Fsp3) is 0.500. The van der Waals surface area contributed by atoms with Crippen LogP contribution in [0.3, 0.4) is 0 Å². The Labute approximate surface area is 106 Å². The summed E-state index contributed by atoms with van der Waals surface area (Å²) in [6.07, 6.45) is 3.27. The van der Waals surface area contributed by atoms with E-state index in [1.54, 1.807) is 12.3 Å². The van der Waals surface area contributed by atoms with Crippen LogP contribution >= 0.6 is 0 Å². The summed E-state index contributed by atoms with van der Waals surface area (Å²) in [7, 11) is -3.93. The Morgan fingerprint density at radius 3 is 2.78 bits per heavy atom. The smallest absolute Gasteiger partial charge is 0.265 e. The van der Waals surface area contributed by atoms with Gasteiger partial charge in [-0.1, -0.05) is 4.68 Å². The van der Waals surface area contributed by atoms with Crippen LogP contribution in [-0.4, -0.2) is 36.3 Å². The second-order valence-electron chi connectivity index (χ2n) is 3.68. The Balaban J connectivity index is 2.53. The molecule has 0 saturated carbocycles. The molecule has 1 aromatic rings. The molecule has 1 aromatic heterocycles. The van der Waals surface area contributed by atoms with E-state index < -0.39 is 10.1 Å². The second kappa shape index (κ2) is 6.41. The number of carbonyl (C=O) groups is 1. The highest BCUT2D eigenvalue weighted by molar-refractivity contribution is 7.85. The van der Waals surface area contributed by atoms with E-state index in [1.165, 1.54) is 10.9 Å². The first-order valence-electron chi connectivity index (χ1n) is 5.51. The number of carbonyl (C=O) groups excluding carboxylic acids is 1. The van der Waals surface area contributed by atoms with E-state index in [4.69, 9.17) is 4.55 Å². The van der Waals surface area contributed by atoms with E-state index in [0.717, 1.165) is 0 Å². The number of amides is 1. The minimum Gasteiger partial charge on any atom is -0.352 e. The van der Waals surface area contributed by atoms with Crippen molar-refractivity contribution in [3.63, 3.8) is 0 Å². The molecule has 1 heterocycles. The van der Waals surface area contributed by atoms with Crippen LogP contribution in [0.1, 0.15) is 23.7 Å². The van der Waals surface area contributed by atoms with Crippen molar-refractivity contribution >= 4 is 16.0 Å². The molecule has 0 bridgehead atoms. The van der Waals surface area contributed by atoms with E-state index in [0.29, 0.717) is 18.7 Å². The number of aromatic nitrogens is 2. The number of nitrogens with one attached hydrogen (secondary N) is 1. The lowest BCUT2D eigenvalue weighted by Gasteiger charge is -1.99. The molecule has 0 unspecified atom stereocenters. The summed E-state index contributed by atoms with van der Waals surface area (Å²) in [4.78, 5) is 11.4. The number of hydrogen-bond donors (Lipinski definition) is 2. The number of aryl methyl sites for hydroxylation is 1. The fourth-order valence-electron chi connectivity index (χ4n) is 1.32. The van der Waals surface area contributed by atoms with Gasteiger partial charge < -0.3 is 5.32 Å². The Hall–Kier alpha value is -1.54. The minimum atomic E-state index is -3.93. The van der Waals surface area contributed by atoms with Gasteiger partial charge in [0.15, 0.2) is 12.7 Å². The van der Waals surface area contributed by atoms with Gasteiger partial charge in [0, 0.05) is 19.0 Å². The standard InChI is InChI=1S/C10H15N3O4S/c1-2-11-10(14)9-4-6-13(12-8-9)5-3-7-18(15,16)17/h4,6,8H,2-3,5,7H2,1H3,(H-,11,14,15,16,17)/p+1. The largest absolute Gasteiger partial charge is 0.352 e. The highest BCUT2D eigenvalue weighted by Crippen LogP contribution is 1.93. The Morgan fingerprint density at radius 1 is 1.56 bits per heavy atom. The van der Waals surface area contributed by atoms with Crippen LogP contribution in [0.15, 0.2) is 18.5 Å². The third-order valence-electron chi connectivity index (χ3n) is 2.16. The third-order valence-corrected chi connectivity index (χ3v) is 2.96. The van der Waals surface area contributed by atoms with Gasteiger partial charge in [0.1, 0.15) is 6.20 Å². The van der Waals surface area contributed by atoms with Gasteiger partial charge in [0.2, 0.25) is 0 Å². The number of nitrogens with zero attached hydrogens (tertiary/aromatic N) is 2. The molecule has 0 aromatic carbocycles. The quantitative estimate of drug-likeness (QED) is 0.533. The van der Waals surface area contributed by atoms with Crippen LogP contribution in [0, 0.1) is 0 Å². The van der Waals surface area contributed by atoms with Crippen LogP contribution in [0.2, 0.25) is 0 Å². The minimum absolute atomic E-state index is 0.199. The first-order chi connectivity index (χ1) is 8.42. The molecule has 1 amide bonds. The van der Waals surface area contributed by atoms with E-state index in [9.17, 15) is 13.2 Å². The summed E-state index contributed by atoms with van der Waals surface area (Å²) >= 11 is 0. The lowest BCUT2D eigenvalue weighted by Crippen LogP contribution is -2.39. The molecule has 2 N–H and O–H groups in total. The molecule has 100 valence electrons. The molecule has 8 heteroatoms. The van der Waals surface area contributed by atoms with E-state index in [1.807, 2.05) is 6.92 Å². The molecule has 0 aliphatic carbocycles. The molecule has 0 aliphatic heterocycles. The average molecular weight is 274 g/mol. The maximum absolute atomic E-state index is 11.4. The zero-order valence-electron chi connectivity index (χ0n) is 10.0. The first-order valence-corrected chi connectivity index (χ1v) is 7.12. The Bertz CT molecular complexity index is 498. The van der Waals surface area contributed by atoms with Crippen molar-refractivity contribution in [2.75, 3.05) is 12.3 Å². The summed E-state index contributed by atoms with van der Waals surface area (Å²) in [5.74, 6) is -0.505. The topological polar surface area (TPSA) is 100 Å². The molecule has 18 heavy (non-hydrogen) atoms. The fourth-order valence-corrected chi connectivity index (χ4v) is 1.82. The lowest BCUT2D eigenvalue weighted by molar-refractivity contribution is -0.753. The lowest BCUT2D eigenvalue weighted by atomic mass is 10.3. The van der Waals surface area contributed by atoms with Crippen LogP contribution in [0.25, 0.3) is 0 Å². The van der Waals surface area contributed by atoms with Crippen LogP contribution < -0.4 is 10.00 Å². The summed E-state index contributed by atoms with van der Waals surface area (Å²) < 4.78 is 31.1. The summed E-state index contributed by atoms with van der Waals surface area (Å²) in [5.41, 5.74) is 0.447. The predicted molar refractivity (Wildman–Crippen MR) is 63.5 cm³/mol. The number of rotatable bonds is 6. The normalized spacial score (nSPS) is 11.2. The molecule has 0 saturated heterocycles. The van der Waals surface area contributed by atoms with Gasteiger partial charge in [-0.3, -0.25) is 9.35 Å². The third kappa shape index (κ3) is 5.19. The van der Waals surface area contributed by atoms with Gasteiger partial charge in [-0.05, 0) is 12.0 Å². The van der Waals surface area contributed by atoms with Crippen LogP contribution in [-0.2, 0) is 16.7 Å². The van der Waals surface area contributed by atoms with Gasteiger partial charge in [-0.25, -0.2) is 0 Å². The molecule has 1 rings (SSSR count). The second-order valence-corrected chi connectivity index (χ2v) is 5.25. The van der Waals surface area contributed by atoms with Gasteiger partial charge in [0.25, 0.3) is 16.0 Å². The van der Waals surface area contributed by atoms with Crippen molar-refractivity contribution in [1.29, 1.82) is 0 Å². The summed E-state index contributed by atoms with van der Waals surface area (Å²) in [6, 6.07) is 1.60. The highest BCUT2D eigenvalue weighted by atomic mass is 32.2. The molecule has 0 aliphatic rings. The monoisotopic (exact) mass is 274 g/mol. The Kier molecular flexibility index (Phi) is 5.17. The van der Waals surface area contributed by atoms with Gasteiger partial charge in [-0.2, -0.15) is 8.42 Å². The van der Waals surface area contributed by atoms with Gasteiger partial charge in [0.05, 0.1) is 11.3 Å². The number of hydrogen-bond acceptors (Lipinski definition) is 4. The van der Waals surface area contributed by atoms with Crippen molar-refractivity contribution < 1.29 is 22.4 Å². The maximum atomic E-state index is 11.4. The zero-order chi connectivity index (χ0) is 13.6.